The number of para-hydroxylation sites is 1. The van der Waals surface area contributed by atoms with Crippen molar-refractivity contribution >= 4 is 57.2 Å². The molecule has 12 heteroatoms. The first-order valence-corrected chi connectivity index (χ1v) is 11.2. The maximum absolute atomic E-state index is 12.6. The predicted molar refractivity (Wildman–Crippen MR) is 138 cm³/mol. The third-order valence-electron chi connectivity index (χ3n) is 5.10. The zero-order chi connectivity index (χ0) is 25.2. The van der Waals surface area contributed by atoms with E-state index in [2.05, 4.69) is 20.8 Å². The van der Waals surface area contributed by atoms with E-state index in [9.17, 15) is 14.9 Å². The lowest BCUT2D eigenvalue weighted by Gasteiger charge is -2.10. The zero-order valence-corrected chi connectivity index (χ0v) is 19.8. The molecule has 0 saturated heterocycles. The van der Waals surface area contributed by atoms with Gasteiger partial charge in [-0.3, -0.25) is 20.2 Å². The van der Waals surface area contributed by atoms with E-state index in [1.165, 1.54) is 29.1 Å². The molecule has 2 N–H and O–H groups in total. The Morgan fingerprint density at radius 1 is 1.00 bits per heavy atom. The molecule has 0 fully saturated rings. The topological polar surface area (TPSA) is 128 Å². The number of halogens is 1. The minimum Gasteiger partial charge on any atom is -0.451 e. The van der Waals surface area contributed by atoms with Crippen molar-refractivity contribution in [3.05, 3.63) is 99.8 Å². The number of amides is 1. The first-order valence-electron chi connectivity index (χ1n) is 10.5. The largest absolute Gasteiger partial charge is 0.451 e. The summed E-state index contributed by atoms with van der Waals surface area (Å²) < 4.78 is 5.57. The quantitative estimate of drug-likeness (QED) is 0.180. The Balaban J connectivity index is 1.29. The lowest BCUT2D eigenvalue weighted by Crippen LogP contribution is -2.33. The first-order chi connectivity index (χ1) is 17.4. The van der Waals surface area contributed by atoms with E-state index in [1.807, 2.05) is 30.3 Å². The third-order valence-corrected chi connectivity index (χ3v) is 5.62. The first kappa shape index (κ1) is 23.1. The van der Waals surface area contributed by atoms with Crippen LogP contribution in [0.3, 0.4) is 0 Å². The highest BCUT2D eigenvalue weighted by atomic mass is 35.5. The molecule has 0 radical (unpaired) electrons. The lowest BCUT2D eigenvalue weighted by atomic mass is 10.1. The number of carbonyl (C=O) groups excluding carboxylic acids is 1. The van der Waals surface area contributed by atoms with Gasteiger partial charge in [-0.15, -0.1) is 10.2 Å². The molecule has 0 aliphatic carbocycles. The summed E-state index contributed by atoms with van der Waals surface area (Å²) in [7, 11) is 0. The molecule has 0 atom stereocenters. The molecule has 0 saturated carbocycles. The van der Waals surface area contributed by atoms with Crippen molar-refractivity contribution in [1.29, 1.82) is 0 Å². The third kappa shape index (κ3) is 4.78. The highest BCUT2D eigenvalue weighted by Crippen LogP contribution is 2.28. The Bertz CT molecular complexity index is 1630. The molecule has 36 heavy (non-hydrogen) atoms. The number of thiocarbonyl (C=S) groups is 1. The number of anilines is 1. The number of fused-ring (bicyclic) bond motifs is 1. The fourth-order valence-electron chi connectivity index (χ4n) is 3.42. The molecule has 0 unspecified atom stereocenters. The fourth-order valence-corrected chi connectivity index (χ4v) is 3.82. The zero-order valence-electron chi connectivity index (χ0n) is 18.2. The van der Waals surface area contributed by atoms with Gasteiger partial charge in [-0.25, -0.2) is 0 Å². The van der Waals surface area contributed by atoms with Gasteiger partial charge in [0.05, 0.1) is 21.3 Å². The van der Waals surface area contributed by atoms with Crippen LogP contribution in [-0.4, -0.2) is 30.9 Å². The van der Waals surface area contributed by atoms with Crippen LogP contribution in [0.25, 0.3) is 28.0 Å². The van der Waals surface area contributed by atoms with E-state index in [0.717, 1.165) is 5.69 Å². The van der Waals surface area contributed by atoms with Crippen LogP contribution >= 0.6 is 23.8 Å². The van der Waals surface area contributed by atoms with E-state index in [0.29, 0.717) is 33.1 Å². The SMILES string of the molecule is O=C(NC(=S)Nc1cc2nn(-c3ccccc3)nc2cc1Cl)c1ccc(-c2cccc([N+](=O)[O-])c2)o1. The van der Waals surface area contributed by atoms with Crippen LogP contribution in [0, 0.1) is 10.1 Å². The van der Waals surface area contributed by atoms with Gasteiger partial charge in [0.25, 0.3) is 11.6 Å². The molecule has 3 aromatic carbocycles. The summed E-state index contributed by atoms with van der Waals surface area (Å²) in [6.07, 6.45) is 0. The highest BCUT2D eigenvalue weighted by molar-refractivity contribution is 7.80. The molecule has 2 aromatic heterocycles. The molecule has 0 bridgehead atoms. The number of hydrogen-bond acceptors (Lipinski definition) is 7. The summed E-state index contributed by atoms with van der Waals surface area (Å²) in [6, 6.07) is 21.7. The van der Waals surface area contributed by atoms with Crippen molar-refractivity contribution in [2.45, 2.75) is 0 Å². The summed E-state index contributed by atoms with van der Waals surface area (Å²) in [5.41, 5.74) is 2.78. The number of nitro benzene ring substituents is 1. The van der Waals surface area contributed by atoms with E-state index in [-0.39, 0.29) is 16.6 Å². The number of benzene rings is 3. The number of rotatable bonds is 5. The molecule has 5 aromatic rings. The van der Waals surface area contributed by atoms with Gasteiger partial charge in [-0.2, -0.15) is 4.80 Å². The number of non-ortho nitro benzene ring substituents is 1. The normalized spacial score (nSPS) is 10.8. The Hall–Kier alpha value is -4.61. The van der Waals surface area contributed by atoms with Crippen molar-refractivity contribution in [1.82, 2.24) is 20.3 Å². The van der Waals surface area contributed by atoms with Gasteiger partial charge in [0.2, 0.25) is 0 Å². The van der Waals surface area contributed by atoms with Gasteiger partial charge < -0.3 is 9.73 Å². The molecule has 0 aliphatic rings. The number of nitro groups is 1. The second kappa shape index (κ2) is 9.56. The van der Waals surface area contributed by atoms with Crippen molar-refractivity contribution in [2.24, 2.45) is 0 Å². The molecule has 178 valence electrons. The molecular formula is C24H15ClN6O4S. The lowest BCUT2D eigenvalue weighted by molar-refractivity contribution is -0.384. The number of nitrogens with zero attached hydrogens (tertiary/aromatic N) is 4. The monoisotopic (exact) mass is 518 g/mol. The van der Waals surface area contributed by atoms with Gasteiger partial charge in [0, 0.05) is 17.7 Å². The Labute approximate surface area is 213 Å². The van der Waals surface area contributed by atoms with Gasteiger partial charge in [-0.1, -0.05) is 41.9 Å². The summed E-state index contributed by atoms with van der Waals surface area (Å²) in [5.74, 6) is -0.317. The average Bonchev–Trinajstić information content (AvgIpc) is 3.52. The second-order valence-electron chi connectivity index (χ2n) is 7.53. The second-order valence-corrected chi connectivity index (χ2v) is 8.34. The Morgan fingerprint density at radius 3 is 2.50 bits per heavy atom. The van der Waals surface area contributed by atoms with Crippen molar-refractivity contribution in [2.75, 3.05) is 5.32 Å². The van der Waals surface area contributed by atoms with Gasteiger partial charge in [0.1, 0.15) is 16.8 Å². The maximum Gasteiger partial charge on any atom is 0.293 e. The molecule has 10 nitrogen and oxygen atoms in total. The molecule has 0 aliphatic heterocycles. The maximum atomic E-state index is 12.6. The van der Waals surface area contributed by atoms with Gasteiger partial charge in [-0.05, 0) is 48.6 Å². The van der Waals surface area contributed by atoms with Crippen LogP contribution in [0.4, 0.5) is 11.4 Å². The summed E-state index contributed by atoms with van der Waals surface area (Å²) in [6.45, 7) is 0. The number of nitrogens with one attached hydrogen (secondary N) is 2. The van der Waals surface area contributed by atoms with Crippen LogP contribution < -0.4 is 10.6 Å². The predicted octanol–water partition coefficient (Wildman–Crippen LogP) is 5.37. The smallest absolute Gasteiger partial charge is 0.293 e. The van der Waals surface area contributed by atoms with Crippen molar-refractivity contribution in [3.63, 3.8) is 0 Å². The number of furan rings is 1. The molecule has 0 spiro atoms. The van der Waals surface area contributed by atoms with Crippen molar-refractivity contribution in [3.8, 4) is 17.0 Å². The number of carbonyl (C=O) groups is 1. The Kier molecular flexibility index (Phi) is 6.15. The minimum atomic E-state index is -0.601. The highest BCUT2D eigenvalue weighted by Gasteiger charge is 2.17. The molecular weight excluding hydrogens is 504 g/mol. The van der Waals surface area contributed by atoms with Crippen LogP contribution in [0.15, 0.2) is 83.3 Å². The Morgan fingerprint density at radius 2 is 1.75 bits per heavy atom. The number of hydrogen-bond donors (Lipinski definition) is 2. The molecule has 5 rings (SSSR count). The minimum absolute atomic E-state index is 0.00926. The summed E-state index contributed by atoms with van der Waals surface area (Å²) in [4.78, 5) is 24.6. The van der Waals surface area contributed by atoms with E-state index < -0.39 is 10.8 Å². The summed E-state index contributed by atoms with van der Waals surface area (Å²) >= 11 is 11.6. The van der Waals surface area contributed by atoms with Crippen LogP contribution in [0.2, 0.25) is 5.02 Å². The van der Waals surface area contributed by atoms with Crippen LogP contribution in [0.1, 0.15) is 10.6 Å². The molecule has 2 heterocycles. The fraction of sp³-hybridized carbons (Fsp3) is 0. The summed E-state index contributed by atoms with van der Waals surface area (Å²) in [5, 5.41) is 25.6. The van der Waals surface area contributed by atoms with Crippen molar-refractivity contribution < 1.29 is 14.1 Å². The van der Waals surface area contributed by atoms with E-state index in [4.69, 9.17) is 28.2 Å². The van der Waals surface area contributed by atoms with Crippen LogP contribution in [0.5, 0.6) is 0 Å². The number of aromatic nitrogens is 3. The van der Waals surface area contributed by atoms with E-state index in [1.54, 1.807) is 24.3 Å². The van der Waals surface area contributed by atoms with E-state index >= 15 is 0 Å². The molecule has 1 amide bonds. The van der Waals surface area contributed by atoms with Gasteiger partial charge in [0.15, 0.2) is 10.9 Å². The average molecular weight is 519 g/mol. The van der Waals surface area contributed by atoms with Crippen LogP contribution in [-0.2, 0) is 0 Å². The standard InChI is InChI=1S/C24H15ClN6O4S/c25-17-12-19-20(29-30(28-19)15-6-2-1-3-7-15)13-18(17)26-24(36)27-23(32)22-10-9-21(35-22)14-5-4-8-16(11-14)31(33)34/h1-13H,(H2,26,27,32,36). The van der Waals surface area contributed by atoms with Gasteiger partial charge >= 0.3 is 0 Å².